The van der Waals surface area contributed by atoms with E-state index in [1.165, 1.54) is 10.8 Å². The van der Waals surface area contributed by atoms with Crippen molar-refractivity contribution in [3.8, 4) is 6.07 Å². The summed E-state index contributed by atoms with van der Waals surface area (Å²) >= 11 is 0. The van der Waals surface area contributed by atoms with Crippen molar-refractivity contribution < 1.29 is 0 Å². The number of hydrogen-bond acceptors (Lipinski definition) is 3. The van der Waals surface area contributed by atoms with Gasteiger partial charge in [-0.05, 0) is 12.5 Å². The van der Waals surface area contributed by atoms with Gasteiger partial charge in [-0.1, -0.05) is 30.3 Å². The van der Waals surface area contributed by atoms with Crippen molar-refractivity contribution in [3.05, 3.63) is 68.5 Å². The lowest BCUT2D eigenvalue weighted by Crippen LogP contribution is -2.32. The highest BCUT2D eigenvalue weighted by Crippen LogP contribution is 2.15. The zero-order valence-electron chi connectivity index (χ0n) is 10.5. The summed E-state index contributed by atoms with van der Waals surface area (Å²) in [6.07, 6.45) is 1.48. The Hall–Kier alpha value is -2.61. The highest BCUT2D eigenvalue weighted by molar-refractivity contribution is 5.24. The smallest absolute Gasteiger partial charge is 0.299 e. The molecule has 2 rings (SSSR count). The summed E-state index contributed by atoms with van der Waals surface area (Å²) in [7, 11) is 0. The van der Waals surface area contributed by atoms with Gasteiger partial charge in [0.15, 0.2) is 0 Å². The van der Waals surface area contributed by atoms with Crippen LogP contribution >= 0.6 is 0 Å². The molecule has 19 heavy (non-hydrogen) atoms. The number of aromatic nitrogens is 2. The molecule has 1 aromatic heterocycles. The zero-order valence-corrected chi connectivity index (χ0v) is 10.5. The van der Waals surface area contributed by atoms with Crippen molar-refractivity contribution in [2.75, 3.05) is 0 Å². The van der Waals surface area contributed by atoms with Gasteiger partial charge in [0, 0.05) is 18.3 Å². The molecule has 0 saturated heterocycles. The summed E-state index contributed by atoms with van der Waals surface area (Å²) < 4.78 is 1.36. The van der Waals surface area contributed by atoms with Crippen LogP contribution in [0.1, 0.15) is 17.0 Å². The number of rotatable bonds is 3. The topological polar surface area (TPSA) is 78.7 Å². The number of hydrogen-bond donors (Lipinski definition) is 1. The van der Waals surface area contributed by atoms with Crippen molar-refractivity contribution in [3.63, 3.8) is 0 Å². The molecule has 0 aliphatic heterocycles. The average molecular weight is 255 g/mol. The monoisotopic (exact) mass is 255 g/mol. The summed E-state index contributed by atoms with van der Waals surface area (Å²) in [5.74, 6) is -0.427. The minimum absolute atomic E-state index is 0.219. The highest BCUT2D eigenvalue weighted by atomic mass is 16.2. The predicted molar refractivity (Wildman–Crippen MR) is 70.9 cm³/mol. The Balaban J connectivity index is 2.35. The Labute approximate surface area is 109 Å². The largest absolute Gasteiger partial charge is 0.328 e. The third kappa shape index (κ3) is 2.80. The van der Waals surface area contributed by atoms with Crippen molar-refractivity contribution in [1.29, 1.82) is 5.26 Å². The van der Waals surface area contributed by atoms with E-state index >= 15 is 0 Å². The highest BCUT2D eigenvalue weighted by Gasteiger charge is 2.12. The summed E-state index contributed by atoms with van der Waals surface area (Å²) in [6, 6.07) is 11.4. The van der Waals surface area contributed by atoms with Gasteiger partial charge in [0.25, 0.3) is 5.56 Å². The van der Waals surface area contributed by atoms with E-state index in [1.807, 2.05) is 30.3 Å². The summed E-state index contributed by atoms with van der Waals surface area (Å²) in [5.41, 5.74) is 0.409. The van der Waals surface area contributed by atoms with Gasteiger partial charge in [0.1, 0.15) is 0 Å². The fourth-order valence-corrected chi connectivity index (χ4v) is 1.86. The van der Waals surface area contributed by atoms with E-state index in [9.17, 15) is 14.9 Å². The van der Waals surface area contributed by atoms with Crippen LogP contribution in [0.4, 0.5) is 0 Å². The van der Waals surface area contributed by atoms with Crippen LogP contribution < -0.4 is 11.2 Å². The molecule has 1 atom stereocenters. The molecule has 1 aromatic carbocycles. The van der Waals surface area contributed by atoms with Gasteiger partial charge >= 0.3 is 5.69 Å². The normalized spacial score (nSPS) is 11.8. The van der Waals surface area contributed by atoms with Crippen LogP contribution in [0.2, 0.25) is 0 Å². The van der Waals surface area contributed by atoms with Crippen LogP contribution in [0, 0.1) is 18.3 Å². The number of nitriles is 1. The van der Waals surface area contributed by atoms with Crippen LogP contribution in [-0.2, 0) is 6.54 Å². The first kappa shape index (κ1) is 12.8. The minimum atomic E-state index is -0.494. The number of nitrogens with zero attached hydrogens (tertiary/aromatic N) is 2. The van der Waals surface area contributed by atoms with Crippen LogP contribution in [0.25, 0.3) is 0 Å². The Morgan fingerprint density at radius 3 is 2.63 bits per heavy atom. The molecule has 0 fully saturated rings. The molecular weight excluding hydrogens is 242 g/mol. The molecular formula is C14H13N3O2. The van der Waals surface area contributed by atoms with Gasteiger partial charge in [0.05, 0.1) is 12.0 Å². The van der Waals surface area contributed by atoms with Crippen LogP contribution in [0.5, 0.6) is 0 Å². The van der Waals surface area contributed by atoms with Gasteiger partial charge in [0.2, 0.25) is 0 Å². The lowest BCUT2D eigenvalue weighted by molar-refractivity contribution is 0.602. The molecule has 1 heterocycles. The Morgan fingerprint density at radius 2 is 2.00 bits per heavy atom. The maximum absolute atomic E-state index is 11.7. The van der Waals surface area contributed by atoms with E-state index in [4.69, 9.17) is 0 Å². The zero-order chi connectivity index (χ0) is 13.8. The van der Waals surface area contributed by atoms with E-state index in [2.05, 4.69) is 11.1 Å². The van der Waals surface area contributed by atoms with Crippen molar-refractivity contribution in [2.24, 2.45) is 0 Å². The van der Waals surface area contributed by atoms with Gasteiger partial charge < -0.3 is 0 Å². The lowest BCUT2D eigenvalue weighted by Gasteiger charge is -2.11. The van der Waals surface area contributed by atoms with E-state index in [0.717, 1.165) is 5.56 Å². The molecule has 0 aliphatic rings. The third-order valence-electron chi connectivity index (χ3n) is 2.93. The molecule has 5 nitrogen and oxygen atoms in total. The second kappa shape index (κ2) is 5.36. The summed E-state index contributed by atoms with van der Waals surface area (Å²) in [6.45, 7) is 1.84. The van der Waals surface area contributed by atoms with Gasteiger partial charge in [-0.25, -0.2) is 4.79 Å². The number of benzene rings is 1. The maximum Gasteiger partial charge on any atom is 0.328 e. The number of aromatic amines is 1. The van der Waals surface area contributed by atoms with E-state index in [0.29, 0.717) is 5.56 Å². The van der Waals surface area contributed by atoms with Gasteiger partial charge in [-0.3, -0.25) is 14.3 Å². The first-order chi connectivity index (χ1) is 9.11. The fraction of sp³-hybridized carbons (Fsp3) is 0.214. The standard InChI is InChI=1S/C14H13N3O2/c1-10-8-17(14(19)16-13(10)18)9-12(7-15)11-5-3-2-4-6-11/h2-6,8,12H,9H2,1H3,(H,16,18,19). The summed E-state index contributed by atoms with van der Waals surface area (Å²) in [4.78, 5) is 25.2. The fourth-order valence-electron chi connectivity index (χ4n) is 1.86. The second-order valence-electron chi connectivity index (χ2n) is 4.32. The van der Waals surface area contributed by atoms with E-state index in [-0.39, 0.29) is 6.54 Å². The molecule has 2 aromatic rings. The molecule has 5 heteroatoms. The quantitative estimate of drug-likeness (QED) is 0.893. The Bertz CT molecular complexity index is 723. The van der Waals surface area contributed by atoms with Gasteiger partial charge in [-0.15, -0.1) is 0 Å². The molecule has 0 spiro atoms. The minimum Gasteiger partial charge on any atom is -0.299 e. The molecule has 0 saturated carbocycles. The molecule has 1 unspecified atom stereocenters. The van der Waals surface area contributed by atoms with Crippen LogP contribution in [0.15, 0.2) is 46.1 Å². The molecule has 0 amide bonds. The van der Waals surface area contributed by atoms with E-state index in [1.54, 1.807) is 6.92 Å². The first-order valence-electron chi connectivity index (χ1n) is 5.86. The SMILES string of the molecule is Cc1cn(CC(C#N)c2ccccc2)c(=O)[nH]c1=O. The predicted octanol–water partition coefficient (Wildman–Crippen LogP) is 1.15. The third-order valence-corrected chi connectivity index (χ3v) is 2.93. The Morgan fingerprint density at radius 1 is 1.32 bits per heavy atom. The first-order valence-corrected chi connectivity index (χ1v) is 5.86. The molecule has 1 N–H and O–H groups in total. The number of aryl methyl sites for hydroxylation is 1. The maximum atomic E-state index is 11.7. The molecule has 0 bridgehead atoms. The van der Waals surface area contributed by atoms with Crippen molar-refractivity contribution in [1.82, 2.24) is 9.55 Å². The van der Waals surface area contributed by atoms with E-state index < -0.39 is 17.2 Å². The Kier molecular flexibility index (Phi) is 3.62. The summed E-state index contributed by atoms with van der Waals surface area (Å²) in [5, 5.41) is 9.22. The number of H-pyrrole nitrogens is 1. The molecule has 96 valence electrons. The van der Waals surface area contributed by atoms with Crippen molar-refractivity contribution in [2.45, 2.75) is 19.4 Å². The van der Waals surface area contributed by atoms with Crippen LogP contribution in [-0.4, -0.2) is 9.55 Å². The van der Waals surface area contributed by atoms with Crippen LogP contribution in [0.3, 0.4) is 0 Å². The average Bonchev–Trinajstić information content (AvgIpc) is 2.42. The molecule has 0 aliphatic carbocycles. The lowest BCUT2D eigenvalue weighted by atomic mass is 10.0. The molecule has 0 radical (unpaired) electrons. The number of nitrogens with one attached hydrogen (secondary N) is 1. The van der Waals surface area contributed by atoms with Crippen molar-refractivity contribution >= 4 is 0 Å². The van der Waals surface area contributed by atoms with Gasteiger partial charge in [-0.2, -0.15) is 5.26 Å². The second-order valence-corrected chi connectivity index (χ2v) is 4.32.